The number of benzene rings is 2. The van der Waals surface area contributed by atoms with Gasteiger partial charge in [0, 0.05) is 24.2 Å². The number of ether oxygens (including phenoxy) is 1. The van der Waals surface area contributed by atoms with Crippen molar-refractivity contribution in [2.45, 2.75) is 25.3 Å². The molecule has 2 aromatic carbocycles. The Morgan fingerprint density at radius 3 is 2.61 bits per heavy atom. The maximum atomic E-state index is 13.2. The minimum absolute atomic E-state index is 0.0347. The van der Waals surface area contributed by atoms with E-state index in [1.54, 1.807) is 29.2 Å². The molecule has 1 aliphatic heterocycles. The zero-order valence-corrected chi connectivity index (χ0v) is 15.5. The fourth-order valence-electron chi connectivity index (χ4n) is 3.18. The summed E-state index contributed by atoms with van der Waals surface area (Å²) >= 11 is 0. The first-order valence-corrected chi connectivity index (χ1v) is 9.01. The summed E-state index contributed by atoms with van der Waals surface area (Å²) in [7, 11) is 1.27. The van der Waals surface area contributed by atoms with Crippen molar-refractivity contribution >= 4 is 23.5 Å². The van der Waals surface area contributed by atoms with E-state index in [1.807, 2.05) is 0 Å². The van der Waals surface area contributed by atoms with Crippen molar-refractivity contribution < 1.29 is 23.5 Å². The van der Waals surface area contributed by atoms with Crippen molar-refractivity contribution in [3.8, 4) is 0 Å². The largest absolute Gasteiger partial charge is 0.469 e. The molecule has 0 aliphatic carbocycles. The van der Waals surface area contributed by atoms with Gasteiger partial charge < -0.3 is 15.0 Å². The number of amides is 2. The molecule has 0 saturated carbocycles. The van der Waals surface area contributed by atoms with E-state index in [0.29, 0.717) is 29.8 Å². The van der Waals surface area contributed by atoms with Crippen LogP contribution in [0.3, 0.4) is 0 Å². The van der Waals surface area contributed by atoms with Crippen LogP contribution in [0.25, 0.3) is 0 Å². The van der Waals surface area contributed by atoms with Crippen LogP contribution in [0.2, 0.25) is 0 Å². The lowest BCUT2D eigenvalue weighted by Gasteiger charge is -2.20. The minimum atomic E-state index is -0.669. The SMILES string of the molecule is COC(=O)C[C@@H](NC(=O)c1cccc(N2CCCC2=O)c1)c1ccc(F)cc1. The number of methoxy groups -OCH3 is 1. The van der Waals surface area contributed by atoms with E-state index >= 15 is 0 Å². The number of carbonyl (C=O) groups is 3. The average molecular weight is 384 g/mol. The molecule has 2 amide bonds. The number of esters is 1. The molecule has 28 heavy (non-hydrogen) atoms. The Bertz CT molecular complexity index is 882. The van der Waals surface area contributed by atoms with Gasteiger partial charge in [-0.3, -0.25) is 14.4 Å². The number of rotatable bonds is 6. The van der Waals surface area contributed by atoms with E-state index in [0.717, 1.165) is 6.42 Å². The van der Waals surface area contributed by atoms with Crippen molar-refractivity contribution in [3.63, 3.8) is 0 Å². The van der Waals surface area contributed by atoms with Crippen molar-refractivity contribution in [1.29, 1.82) is 0 Å². The highest BCUT2D eigenvalue weighted by Crippen LogP contribution is 2.23. The molecule has 0 unspecified atom stereocenters. The molecule has 7 heteroatoms. The van der Waals surface area contributed by atoms with Gasteiger partial charge in [0.15, 0.2) is 0 Å². The third-order valence-corrected chi connectivity index (χ3v) is 4.67. The molecule has 0 radical (unpaired) electrons. The zero-order valence-electron chi connectivity index (χ0n) is 15.5. The summed E-state index contributed by atoms with van der Waals surface area (Å²) in [6.07, 6.45) is 1.21. The lowest BCUT2D eigenvalue weighted by atomic mass is 10.0. The summed E-state index contributed by atoms with van der Waals surface area (Å²) in [6, 6.07) is 11.7. The second-order valence-corrected chi connectivity index (χ2v) is 6.56. The monoisotopic (exact) mass is 384 g/mol. The Morgan fingerprint density at radius 2 is 1.96 bits per heavy atom. The van der Waals surface area contributed by atoms with Crippen LogP contribution in [0.5, 0.6) is 0 Å². The molecule has 1 saturated heterocycles. The van der Waals surface area contributed by atoms with E-state index in [1.165, 1.54) is 31.4 Å². The van der Waals surface area contributed by atoms with Crippen molar-refractivity contribution in [1.82, 2.24) is 5.32 Å². The highest BCUT2D eigenvalue weighted by Gasteiger charge is 2.23. The van der Waals surface area contributed by atoms with Crippen LogP contribution in [0, 0.1) is 5.82 Å². The summed E-state index contributed by atoms with van der Waals surface area (Å²) < 4.78 is 17.9. The van der Waals surface area contributed by atoms with Crippen LogP contribution in [-0.4, -0.2) is 31.4 Å². The highest BCUT2D eigenvalue weighted by molar-refractivity contribution is 5.99. The van der Waals surface area contributed by atoms with Gasteiger partial charge in [-0.15, -0.1) is 0 Å². The number of nitrogens with zero attached hydrogens (tertiary/aromatic N) is 1. The number of nitrogens with one attached hydrogen (secondary N) is 1. The van der Waals surface area contributed by atoms with Gasteiger partial charge in [0.25, 0.3) is 5.91 Å². The van der Waals surface area contributed by atoms with Gasteiger partial charge in [0.2, 0.25) is 5.91 Å². The first-order valence-electron chi connectivity index (χ1n) is 9.01. The Balaban J connectivity index is 1.80. The second kappa shape index (κ2) is 8.65. The molecule has 0 aromatic heterocycles. The third kappa shape index (κ3) is 4.54. The Kier molecular flexibility index (Phi) is 6.03. The maximum absolute atomic E-state index is 13.2. The minimum Gasteiger partial charge on any atom is -0.469 e. The van der Waals surface area contributed by atoms with E-state index in [9.17, 15) is 18.8 Å². The van der Waals surface area contributed by atoms with Gasteiger partial charge in [0.05, 0.1) is 19.6 Å². The van der Waals surface area contributed by atoms with Crippen molar-refractivity contribution in [2.75, 3.05) is 18.6 Å². The number of anilines is 1. The van der Waals surface area contributed by atoms with E-state index in [2.05, 4.69) is 5.32 Å². The summed E-state index contributed by atoms with van der Waals surface area (Å²) in [6.45, 7) is 0.629. The number of hydrogen-bond donors (Lipinski definition) is 1. The molecule has 1 aliphatic rings. The van der Waals surface area contributed by atoms with Crippen LogP contribution in [0.15, 0.2) is 48.5 Å². The van der Waals surface area contributed by atoms with Crippen LogP contribution < -0.4 is 10.2 Å². The lowest BCUT2D eigenvalue weighted by Crippen LogP contribution is -2.31. The summed E-state index contributed by atoms with van der Waals surface area (Å²) in [5.74, 6) is -1.26. The van der Waals surface area contributed by atoms with Crippen LogP contribution >= 0.6 is 0 Å². The Labute approximate surface area is 162 Å². The summed E-state index contributed by atoms with van der Waals surface area (Å²) in [5, 5.41) is 2.80. The smallest absolute Gasteiger partial charge is 0.307 e. The molecule has 1 heterocycles. The predicted molar refractivity (Wildman–Crippen MR) is 101 cm³/mol. The standard InChI is InChI=1S/C21H21FN2O4/c1-28-20(26)13-18(14-7-9-16(22)10-8-14)23-21(27)15-4-2-5-17(12-15)24-11-3-6-19(24)25/h2,4-5,7-10,12,18H,3,6,11,13H2,1H3,(H,23,27)/t18-/m1/s1. The molecule has 146 valence electrons. The number of hydrogen-bond acceptors (Lipinski definition) is 4. The topological polar surface area (TPSA) is 75.7 Å². The number of halogens is 1. The van der Waals surface area contributed by atoms with Crippen molar-refractivity contribution in [2.24, 2.45) is 0 Å². The molecule has 1 N–H and O–H groups in total. The molecule has 3 rings (SSSR count). The van der Waals surface area contributed by atoms with Gasteiger partial charge >= 0.3 is 5.97 Å². The summed E-state index contributed by atoms with van der Waals surface area (Å²) in [4.78, 5) is 38.1. The fraction of sp³-hybridized carbons (Fsp3) is 0.286. The quantitative estimate of drug-likeness (QED) is 0.777. The summed E-state index contributed by atoms with van der Waals surface area (Å²) in [5.41, 5.74) is 1.63. The Hall–Kier alpha value is -3.22. The predicted octanol–water partition coefficient (Wildman–Crippen LogP) is 2.99. The van der Waals surface area contributed by atoms with E-state index in [-0.39, 0.29) is 12.3 Å². The van der Waals surface area contributed by atoms with Crippen LogP contribution in [0.4, 0.5) is 10.1 Å². The third-order valence-electron chi connectivity index (χ3n) is 4.67. The van der Waals surface area contributed by atoms with Crippen LogP contribution in [-0.2, 0) is 14.3 Å². The van der Waals surface area contributed by atoms with Gasteiger partial charge in [-0.2, -0.15) is 0 Å². The highest BCUT2D eigenvalue weighted by atomic mass is 19.1. The van der Waals surface area contributed by atoms with Gasteiger partial charge in [-0.05, 0) is 42.3 Å². The molecule has 1 atom stereocenters. The van der Waals surface area contributed by atoms with Gasteiger partial charge in [0.1, 0.15) is 5.82 Å². The van der Waals surface area contributed by atoms with Gasteiger partial charge in [-0.25, -0.2) is 4.39 Å². The molecule has 0 bridgehead atoms. The van der Waals surface area contributed by atoms with E-state index in [4.69, 9.17) is 4.74 Å². The molecular formula is C21H21FN2O4. The molecule has 1 fully saturated rings. The molecular weight excluding hydrogens is 363 g/mol. The molecule has 6 nitrogen and oxygen atoms in total. The Morgan fingerprint density at radius 1 is 1.21 bits per heavy atom. The lowest BCUT2D eigenvalue weighted by molar-refractivity contribution is -0.141. The van der Waals surface area contributed by atoms with Crippen LogP contribution in [0.1, 0.15) is 41.2 Å². The molecule has 0 spiro atoms. The second-order valence-electron chi connectivity index (χ2n) is 6.56. The first kappa shape index (κ1) is 19.5. The van der Waals surface area contributed by atoms with E-state index < -0.39 is 23.7 Å². The number of carbonyl (C=O) groups excluding carboxylic acids is 3. The van der Waals surface area contributed by atoms with Gasteiger partial charge in [-0.1, -0.05) is 18.2 Å². The normalized spacial score (nSPS) is 14.6. The molecule has 2 aromatic rings. The fourth-order valence-corrected chi connectivity index (χ4v) is 3.18. The zero-order chi connectivity index (χ0) is 20.1. The van der Waals surface area contributed by atoms with Crippen molar-refractivity contribution in [3.05, 3.63) is 65.5 Å². The maximum Gasteiger partial charge on any atom is 0.307 e. The first-order chi connectivity index (χ1) is 13.5. The average Bonchev–Trinajstić information content (AvgIpc) is 3.14.